The Balaban J connectivity index is 2.02. The number of hydrogen-bond donors (Lipinski definition) is 2. The third-order valence-corrected chi connectivity index (χ3v) is 4.10. The standard InChI is InChI=1S/C16H23N3O2/c1-11-6-5-7-12(2)19(11)15(20)10-18-14-9-4-3-8-13(14)16(17)21/h3-4,8-9,11-12,18H,5-7,10H2,1-2H3,(H2,17,21)/t11-,12-/m0/s1. The molecule has 1 aromatic rings. The highest BCUT2D eigenvalue weighted by molar-refractivity contribution is 5.99. The number of nitrogens with two attached hydrogens (primary N) is 1. The van der Waals surface area contributed by atoms with E-state index in [1.807, 2.05) is 11.0 Å². The van der Waals surface area contributed by atoms with E-state index in [0.717, 1.165) is 12.8 Å². The van der Waals surface area contributed by atoms with Crippen LogP contribution in [0.1, 0.15) is 43.5 Å². The maximum absolute atomic E-state index is 12.4. The van der Waals surface area contributed by atoms with Crippen molar-refractivity contribution < 1.29 is 9.59 Å². The Kier molecular flexibility index (Phi) is 4.83. The summed E-state index contributed by atoms with van der Waals surface area (Å²) in [7, 11) is 0. The lowest BCUT2D eigenvalue weighted by molar-refractivity contribution is -0.135. The first-order chi connectivity index (χ1) is 10.0. The Morgan fingerprint density at radius 3 is 2.48 bits per heavy atom. The van der Waals surface area contributed by atoms with Crippen LogP contribution in [-0.2, 0) is 4.79 Å². The van der Waals surface area contributed by atoms with Crippen LogP contribution in [0.25, 0.3) is 0 Å². The van der Waals surface area contributed by atoms with Crippen molar-refractivity contribution in [3.63, 3.8) is 0 Å². The number of amides is 2. The van der Waals surface area contributed by atoms with E-state index in [1.54, 1.807) is 18.2 Å². The zero-order valence-corrected chi connectivity index (χ0v) is 12.6. The molecule has 5 heteroatoms. The van der Waals surface area contributed by atoms with E-state index in [-0.39, 0.29) is 24.5 Å². The number of anilines is 1. The minimum atomic E-state index is -0.495. The minimum absolute atomic E-state index is 0.0639. The number of likely N-dealkylation sites (tertiary alicyclic amines) is 1. The Hall–Kier alpha value is -2.04. The first-order valence-electron chi connectivity index (χ1n) is 7.44. The second-order valence-corrected chi connectivity index (χ2v) is 5.69. The average molecular weight is 289 g/mol. The summed E-state index contributed by atoms with van der Waals surface area (Å²) in [4.78, 5) is 25.7. The van der Waals surface area contributed by atoms with Crippen molar-refractivity contribution in [2.24, 2.45) is 5.73 Å². The normalized spacial score (nSPS) is 21.9. The lowest BCUT2D eigenvalue weighted by Crippen LogP contribution is -2.49. The molecule has 3 N–H and O–H groups in total. The van der Waals surface area contributed by atoms with Gasteiger partial charge in [0.1, 0.15) is 0 Å². The number of rotatable bonds is 4. The minimum Gasteiger partial charge on any atom is -0.376 e. The van der Waals surface area contributed by atoms with Crippen LogP contribution >= 0.6 is 0 Å². The number of nitrogens with one attached hydrogen (secondary N) is 1. The molecule has 1 aromatic carbocycles. The predicted molar refractivity (Wildman–Crippen MR) is 83.1 cm³/mol. The molecule has 1 aliphatic heterocycles. The van der Waals surface area contributed by atoms with E-state index in [1.165, 1.54) is 6.42 Å². The van der Waals surface area contributed by atoms with Gasteiger partial charge in [0.05, 0.1) is 12.1 Å². The summed E-state index contributed by atoms with van der Waals surface area (Å²) in [5.41, 5.74) is 6.35. The molecular formula is C16H23N3O2. The molecule has 21 heavy (non-hydrogen) atoms. The van der Waals surface area contributed by atoms with E-state index in [0.29, 0.717) is 11.3 Å². The van der Waals surface area contributed by atoms with Crippen molar-refractivity contribution in [2.45, 2.75) is 45.2 Å². The Labute approximate surface area is 125 Å². The van der Waals surface area contributed by atoms with E-state index in [9.17, 15) is 9.59 Å². The number of primary amides is 1. The van der Waals surface area contributed by atoms with Crippen molar-refractivity contribution in [1.29, 1.82) is 0 Å². The number of carbonyl (C=O) groups excluding carboxylic acids is 2. The third kappa shape index (κ3) is 3.54. The summed E-state index contributed by atoms with van der Waals surface area (Å²) < 4.78 is 0. The molecule has 2 amide bonds. The maximum atomic E-state index is 12.4. The van der Waals surface area contributed by atoms with Crippen LogP contribution in [0.5, 0.6) is 0 Å². The molecule has 114 valence electrons. The van der Waals surface area contributed by atoms with E-state index >= 15 is 0 Å². The number of carbonyl (C=O) groups is 2. The number of nitrogens with zero attached hydrogens (tertiary/aromatic N) is 1. The molecule has 1 aliphatic rings. The zero-order chi connectivity index (χ0) is 15.4. The van der Waals surface area contributed by atoms with Crippen LogP contribution in [0.2, 0.25) is 0 Å². The molecule has 2 rings (SSSR count). The van der Waals surface area contributed by atoms with E-state index in [2.05, 4.69) is 19.2 Å². The number of hydrogen-bond acceptors (Lipinski definition) is 3. The average Bonchev–Trinajstić information content (AvgIpc) is 2.45. The van der Waals surface area contributed by atoms with Gasteiger partial charge in [-0.1, -0.05) is 12.1 Å². The Morgan fingerprint density at radius 1 is 1.24 bits per heavy atom. The van der Waals surface area contributed by atoms with Gasteiger partial charge in [0.2, 0.25) is 5.91 Å². The molecule has 1 fully saturated rings. The highest BCUT2D eigenvalue weighted by atomic mass is 16.2. The van der Waals surface area contributed by atoms with Gasteiger partial charge in [0, 0.05) is 17.8 Å². The van der Waals surface area contributed by atoms with Crippen molar-refractivity contribution in [2.75, 3.05) is 11.9 Å². The predicted octanol–water partition coefficient (Wildman–Crippen LogP) is 1.99. The monoisotopic (exact) mass is 289 g/mol. The summed E-state index contributed by atoms with van der Waals surface area (Å²) in [5, 5.41) is 3.04. The molecule has 0 aromatic heterocycles. The molecule has 0 saturated carbocycles. The largest absolute Gasteiger partial charge is 0.376 e. The highest BCUT2D eigenvalue weighted by Gasteiger charge is 2.28. The second-order valence-electron chi connectivity index (χ2n) is 5.69. The summed E-state index contributed by atoms with van der Waals surface area (Å²) in [5.74, 6) is -0.431. The quantitative estimate of drug-likeness (QED) is 0.890. The van der Waals surface area contributed by atoms with Crippen LogP contribution in [0.3, 0.4) is 0 Å². The van der Waals surface area contributed by atoms with Gasteiger partial charge < -0.3 is 16.0 Å². The lowest BCUT2D eigenvalue weighted by atomic mass is 9.97. The number of benzene rings is 1. The van der Waals surface area contributed by atoms with Crippen molar-refractivity contribution in [3.8, 4) is 0 Å². The van der Waals surface area contributed by atoms with Gasteiger partial charge in [-0.15, -0.1) is 0 Å². The van der Waals surface area contributed by atoms with Crippen LogP contribution < -0.4 is 11.1 Å². The summed E-state index contributed by atoms with van der Waals surface area (Å²) in [6.07, 6.45) is 3.27. The molecular weight excluding hydrogens is 266 g/mol. The fourth-order valence-corrected chi connectivity index (χ4v) is 3.03. The molecule has 1 saturated heterocycles. The molecule has 0 spiro atoms. The summed E-state index contributed by atoms with van der Waals surface area (Å²) in [6.45, 7) is 4.36. The zero-order valence-electron chi connectivity index (χ0n) is 12.6. The lowest BCUT2D eigenvalue weighted by Gasteiger charge is -2.39. The van der Waals surface area contributed by atoms with Crippen LogP contribution in [0.15, 0.2) is 24.3 Å². The van der Waals surface area contributed by atoms with Gasteiger partial charge in [-0.3, -0.25) is 9.59 Å². The topological polar surface area (TPSA) is 75.4 Å². The second kappa shape index (κ2) is 6.61. The summed E-state index contributed by atoms with van der Waals surface area (Å²) in [6, 6.07) is 7.52. The molecule has 0 bridgehead atoms. The van der Waals surface area contributed by atoms with Crippen LogP contribution in [0.4, 0.5) is 5.69 Å². The van der Waals surface area contributed by atoms with Crippen molar-refractivity contribution in [1.82, 2.24) is 4.90 Å². The highest BCUT2D eigenvalue weighted by Crippen LogP contribution is 2.23. The van der Waals surface area contributed by atoms with Crippen molar-refractivity contribution in [3.05, 3.63) is 29.8 Å². The molecule has 0 aliphatic carbocycles. The van der Waals surface area contributed by atoms with Crippen molar-refractivity contribution >= 4 is 17.5 Å². The van der Waals surface area contributed by atoms with Gasteiger partial charge in [0.15, 0.2) is 0 Å². The smallest absolute Gasteiger partial charge is 0.250 e. The summed E-state index contributed by atoms with van der Waals surface area (Å²) >= 11 is 0. The maximum Gasteiger partial charge on any atom is 0.250 e. The first kappa shape index (κ1) is 15.4. The van der Waals surface area contributed by atoms with Gasteiger partial charge in [0.25, 0.3) is 5.91 Å². The molecule has 0 radical (unpaired) electrons. The molecule has 1 heterocycles. The van der Waals surface area contributed by atoms with Gasteiger partial charge in [-0.05, 0) is 45.2 Å². The first-order valence-corrected chi connectivity index (χ1v) is 7.44. The third-order valence-electron chi connectivity index (χ3n) is 4.10. The van der Waals surface area contributed by atoms with Gasteiger partial charge in [-0.25, -0.2) is 0 Å². The Morgan fingerprint density at radius 2 is 1.86 bits per heavy atom. The number of piperidine rings is 1. The number of para-hydroxylation sites is 1. The van der Waals surface area contributed by atoms with E-state index < -0.39 is 5.91 Å². The fraction of sp³-hybridized carbons (Fsp3) is 0.500. The Bertz CT molecular complexity index is 520. The van der Waals surface area contributed by atoms with Gasteiger partial charge >= 0.3 is 0 Å². The molecule has 0 unspecified atom stereocenters. The van der Waals surface area contributed by atoms with E-state index in [4.69, 9.17) is 5.73 Å². The van der Waals surface area contributed by atoms with Crippen LogP contribution in [-0.4, -0.2) is 35.3 Å². The fourth-order valence-electron chi connectivity index (χ4n) is 3.03. The molecule has 2 atom stereocenters. The SMILES string of the molecule is C[C@H]1CCC[C@H](C)N1C(=O)CNc1ccccc1C(N)=O. The molecule has 5 nitrogen and oxygen atoms in total. The van der Waals surface area contributed by atoms with Crippen LogP contribution in [0, 0.1) is 0 Å². The van der Waals surface area contributed by atoms with Gasteiger partial charge in [-0.2, -0.15) is 0 Å².